The van der Waals surface area contributed by atoms with E-state index >= 15 is 0 Å². The van der Waals surface area contributed by atoms with Gasteiger partial charge in [-0.3, -0.25) is 4.79 Å². The lowest BCUT2D eigenvalue weighted by Gasteiger charge is -2.00. The SMILES string of the molecule is Cc1ccc(C(=O)c2cc(Cl)cc(Cl)c2)o1. The molecule has 0 spiro atoms. The highest BCUT2D eigenvalue weighted by Gasteiger charge is 2.13. The molecule has 16 heavy (non-hydrogen) atoms. The van der Waals surface area contributed by atoms with Crippen molar-refractivity contribution in [1.82, 2.24) is 0 Å². The van der Waals surface area contributed by atoms with Crippen LogP contribution < -0.4 is 0 Å². The summed E-state index contributed by atoms with van der Waals surface area (Å²) in [6.07, 6.45) is 0. The highest BCUT2D eigenvalue weighted by molar-refractivity contribution is 6.35. The van der Waals surface area contributed by atoms with Crippen molar-refractivity contribution in [2.75, 3.05) is 0 Å². The maximum Gasteiger partial charge on any atom is 0.228 e. The highest BCUT2D eigenvalue weighted by atomic mass is 35.5. The average Bonchev–Trinajstić information content (AvgIpc) is 2.62. The molecule has 0 bridgehead atoms. The van der Waals surface area contributed by atoms with Gasteiger partial charge < -0.3 is 4.42 Å². The quantitative estimate of drug-likeness (QED) is 0.755. The molecule has 0 N–H and O–H groups in total. The van der Waals surface area contributed by atoms with Crippen LogP contribution in [0.1, 0.15) is 21.9 Å². The molecule has 0 unspecified atom stereocenters. The van der Waals surface area contributed by atoms with Crippen molar-refractivity contribution < 1.29 is 9.21 Å². The third-order valence-electron chi connectivity index (χ3n) is 2.09. The fourth-order valence-corrected chi connectivity index (χ4v) is 1.91. The Morgan fingerprint density at radius 1 is 1.12 bits per heavy atom. The molecule has 0 saturated carbocycles. The molecule has 4 heteroatoms. The van der Waals surface area contributed by atoms with Crippen LogP contribution in [-0.2, 0) is 0 Å². The lowest BCUT2D eigenvalue weighted by molar-refractivity contribution is 0.101. The van der Waals surface area contributed by atoms with Gasteiger partial charge >= 0.3 is 0 Å². The van der Waals surface area contributed by atoms with Crippen molar-refractivity contribution in [3.63, 3.8) is 0 Å². The molecule has 0 aliphatic carbocycles. The van der Waals surface area contributed by atoms with Crippen molar-refractivity contribution in [2.45, 2.75) is 6.92 Å². The van der Waals surface area contributed by atoms with Crippen molar-refractivity contribution >= 4 is 29.0 Å². The van der Waals surface area contributed by atoms with Crippen LogP contribution in [-0.4, -0.2) is 5.78 Å². The molecule has 1 aromatic heterocycles. The van der Waals surface area contributed by atoms with E-state index in [0.29, 0.717) is 21.4 Å². The third kappa shape index (κ3) is 2.29. The lowest BCUT2D eigenvalue weighted by atomic mass is 10.1. The molecule has 0 atom stereocenters. The van der Waals surface area contributed by atoms with E-state index in [2.05, 4.69) is 0 Å². The van der Waals surface area contributed by atoms with E-state index in [9.17, 15) is 4.79 Å². The number of benzene rings is 1. The molecular formula is C12H8Cl2O2. The molecule has 0 fully saturated rings. The number of aryl methyl sites for hydroxylation is 1. The molecule has 0 radical (unpaired) electrons. The maximum atomic E-state index is 12.0. The Balaban J connectivity index is 2.41. The van der Waals surface area contributed by atoms with E-state index in [1.165, 1.54) is 0 Å². The Hall–Kier alpha value is -1.25. The minimum absolute atomic E-state index is 0.225. The second-order valence-electron chi connectivity index (χ2n) is 3.40. The van der Waals surface area contributed by atoms with Gasteiger partial charge in [-0.05, 0) is 37.3 Å². The first-order valence-electron chi connectivity index (χ1n) is 4.63. The van der Waals surface area contributed by atoms with Gasteiger partial charge in [0.25, 0.3) is 0 Å². The number of halogens is 2. The second-order valence-corrected chi connectivity index (χ2v) is 4.27. The summed E-state index contributed by atoms with van der Waals surface area (Å²) in [5.74, 6) is 0.754. The van der Waals surface area contributed by atoms with E-state index in [1.54, 1.807) is 37.3 Å². The molecule has 2 rings (SSSR count). The fraction of sp³-hybridized carbons (Fsp3) is 0.0833. The van der Waals surface area contributed by atoms with Crippen LogP contribution >= 0.6 is 23.2 Å². The van der Waals surface area contributed by atoms with Crippen LogP contribution in [0.2, 0.25) is 10.0 Å². The summed E-state index contributed by atoms with van der Waals surface area (Å²) in [5, 5.41) is 0.859. The molecular weight excluding hydrogens is 247 g/mol. The third-order valence-corrected chi connectivity index (χ3v) is 2.53. The zero-order valence-corrected chi connectivity index (χ0v) is 9.97. The number of furan rings is 1. The molecule has 1 heterocycles. The van der Waals surface area contributed by atoms with Crippen molar-refractivity contribution in [3.05, 3.63) is 57.5 Å². The van der Waals surface area contributed by atoms with Gasteiger partial charge in [0.1, 0.15) is 5.76 Å². The summed E-state index contributed by atoms with van der Waals surface area (Å²) in [5.41, 5.74) is 0.423. The summed E-state index contributed by atoms with van der Waals surface area (Å²) in [7, 11) is 0. The first-order valence-corrected chi connectivity index (χ1v) is 5.39. The highest BCUT2D eigenvalue weighted by Crippen LogP contribution is 2.21. The summed E-state index contributed by atoms with van der Waals surface area (Å²) >= 11 is 11.6. The standard InChI is InChI=1S/C12H8Cl2O2/c1-7-2-3-11(16-7)12(15)8-4-9(13)6-10(14)5-8/h2-6H,1H3. The van der Waals surface area contributed by atoms with Gasteiger partial charge in [-0.2, -0.15) is 0 Å². The molecule has 0 saturated heterocycles. The van der Waals surface area contributed by atoms with Gasteiger partial charge in [0.2, 0.25) is 5.78 Å². The lowest BCUT2D eigenvalue weighted by Crippen LogP contribution is -1.99. The Morgan fingerprint density at radius 3 is 2.25 bits per heavy atom. The normalized spacial score (nSPS) is 10.4. The second kappa shape index (κ2) is 4.32. The summed E-state index contributed by atoms with van der Waals surface area (Å²) in [6.45, 7) is 1.78. The fourth-order valence-electron chi connectivity index (χ4n) is 1.38. The predicted octanol–water partition coefficient (Wildman–Crippen LogP) is 4.13. The van der Waals surface area contributed by atoms with Crippen molar-refractivity contribution in [2.24, 2.45) is 0 Å². The molecule has 82 valence electrons. The first kappa shape index (κ1) is 11.2. The Morgan fingerprint density at radius 2 is 1.75 bits per heavy atom. The Labute approximate surface area is 103 Å². The Bertz CT molecular complexity index is 523. The van der Waals surface area contributed by atoms with Gasteiger partial charge in [0.05, 0.1) is 0 Å². The number of hydrogen-bond acceptors (Lipinski definition) is 2. The van der Waals surface area contributed by atoms with Crippen LogP contribution in [0.4, 0.5) is 0 Å². The molecule has 1 aromatic carbocycles. The van der Waals surface area contributed by atoms with Crippen LogP contribution in [0.25, 0.3) is 0 Å². The maximum absolute atomic E-state index is 12.0. The number of rotatable bonds is 2. The van der Waals surface area contributed by atoms with E-state index in [0.717, 1.165) is 0 Å². The molecule has 2 aromatic rings. The summed E-state index contributed by atoms with van der Waals surface area (Å²) in [4.78, 5) is 12.0. The van der Waals surface area contributed by atoms with Crippen molar-refractivity contribution in [3.8, 4) is 0 Å². The smallest absolute Gasteiger partial charge is 0.228 e. The molecule has 0 aliphatic rings. The summed E-state index contributed by atoms with van der Waals surface area (Å²) in [6, 6.07) is 8.07. The molecule has 0 aliphatic heterocycles. The topological polar surface area (TPSA) is 30.2 Å². The number of hydrogen-bond donors (Lipinski definition) is 0. The largest absolute Gasteiger partial charge is 0.458 e. The molecule has 0 amide bonds. The molecule has 2 nitrogen and oxygen atoms in total. The zero-order valence-electron chi connectivity index (χ0n) is 8.46. The van der Waals surface area contributed by atoms with Gasteiger partial charge in [-0.15, -0.1) is 0 Å². The van der Waals surface area contributed by atoms with Gasteiger partial charge in [-0.1, -0.05) is 23.2 Å². The van der Waals surface area contributed by atoms with Crippen molar-refractivity contribution in [1.29, 1.82) is 0 Å². The monoisotopic (exact) mass is 254 g/mol. The van der Waals surface area contributed by atoms with Crippen LogP contribution in [0, 0.1) is 6.92 Å². The van der Waals surface area contributed by atoms with Crippen LogP contribution in [0.15, 0.2) is 34.7 Å². The van der Waals surface area contributed by atoms with Crippen LogP contribution in [0.5, 0.6) is 0 Å². The predicted molar refractivity (Wildman–Crippen MR) is 63.3 cm³/mol. The van der Waals surface area contributed by atoms with E-state index in [1.807, 2.05) is 0 Å². The number of ketones is 1. The van der Waals surface area contributed by atoms with Crippen LogP contribution in [0.3, 0.4) is 0 Å². The zero-order chi connectivity index (χ0) is 11.7. The first-order chi connectivity index (χ1) is 7.56. The van der Waals surface area contributed by atoms with Gasteiger partial charge in [0.15, 0.2) is 5.76 Å². The van der Waals surface area contributed by atoms with Gasteiger partial charge in [-0.25, -0.2) is 0 Å². The average molecular weight is 255 g/mol. The summed E-state index contributed by atoms with van der Waals surface area (Å²) < 4.78 is 5.24. The minimum Gasteiger partial charge on any atom is -0.458 e. The van der Waals surface area contributed by atoms with Gasteiger partial charge in [0, 0.05) is 15.6 Å². The minimum atomic E-state index is -0.225. The Kier molecular flexibility index (Phi) is 3.03. The number of carbonyl (C=O) groups excluding carboxylic acids is 1. The van der Waals surface area contributed by atoms with E-state index < -0.39 is 0 Å². The van der Waals surface area contributed by atoms with E-state index in [-0.39, 0.29) is 11.5 Å². The van der Waals surface area contributed by atoms with E-state index in [4.69, 9.17) is 27.6 Å². The number of carbonyl (C=O) groups is 1.